The average molecular weight is 141 g/mol. The number of carbonyl (C=O) groups is 1. The van der Waals surface area contributed by atoms with E-state index < -0.39 is 5.97 Å². The van der Waals surface area contributed by atoms with Gasteiger partial charge in [-0.1, -0.05) is 0 Å². The Hall–Kier alpha value is -1.50. The SMILES string of the molecule is CC(=CCOC#N)C(=O)O. The van der Waals surface area contributed by atoms with Crippen molar-refractivity contribution in [3.05, 3.63) is 11.6 Å². The smallest absolute Gasteiger partial charge is 0.331 e. The van der Waals surface area contributed by atoms with Crippen molar-refractivity contribution in [3.8, 4) is 6.26 Å². The van der Waals surface area contributed by atoms with Gasteiger partial charge in [-0.15, -0.1) is 0 Å². The molecule has 0 amide bonds. The minimum atomic E-state index is -0.999. The summed E-state index contributed by atoms with van der Waals surface area (Å²) >= 11 is 0. The van der Waals surface area contributed by atoms with Crippen molar-refractivity contribution in [2.45, 2.75) is 6.92 Å². The van der Waals surface area contributed by atoms with Gasteiger partial charge in [0, 0.05) is 5.57 Å². The summed E-state index contributed by atoms with van der Waals surface area (Å²) in [6.07, 6.45) is 2.75. The molecule has 4 heteroatoms. The molecular weight excluding hydrogens is 134 g/mol. The topological polar surface area (TPSA) is 70.3 Å². The van der Waals surface area contributed by atoms with E-state index >= 15 is 0 Å². The molecule has 4 nitrogen and oxygen atoms in total. The molecule has 0 aliphatic carbocycles. The third kappa shape index (κ3) is 3.50. The summed E-state index contributed by atoms with van der Waals surface area (Å²) in [7, 11) is 0. The highest BCUT2D eigenvalue weighted by atomic mass is 16.5. The maximum atomic E-state index is 10.1. The highest BCUT2D eigenvalue weighted by molar-refractivity contribution is 5.85. The largest absolute Gasteiger partial charge is 0.478 e. The van der Waals surface area contributed by atoms with Crippen molar-refractivity contribution >= 4 is 5.97 Å². The van der Waals surface area contributed by atoms with E-state index in [-0.39, 0.29) is 12.2 Å². The van der Waals surface area contributed by atoms with Gasteiger partial charge in [-0.25, -0.2) is 4.79 Å². The number of nitriles is 1. The zero-order valence-corrected chi connectivity index (χ0v) is 5.50. The number of nitrogens with zero attached hydrogens (tertiary/aromatic N) is 1. The van der Waals surface area contributed by atoms with Gasteiger partial charge in [-0.3, -0.25) is 0 Å². The van der Waals surface area contributed by atoms with Gasteiger partial charge in [0.05, 0.1) is 0 Å². The molecule has 0 heterocycles. The first kappa shape index (κ1) is 8.50. The van der Waals surface area contributed by atoms with Crippen molar-refractivity contribution < 1.29 is 14.6 Å². The van der Waals surface area contributed by atoms with Gasteiger partial charge in [0.15, 0.2) is 0 Å². The Morgan fingerprint density at radius 2 is 2.50 bits per heavy atom. The van der Waals surface area contributed by atoms with Gasteiger partial charge in [-0.2, -0.15) is 5.26 Å². The molecule has 0 saturated heterocycles. The monoisotopic (exact) mass is 141 g/mol. The highest BCUT2D eigenvalue weighted by Crippen LogP contribution is 1.90. The molecule has 0 bridgehead atoms. The molecule has 1 N–H and O–H groups in total. The summed E-state index contributed by atoms with van der Waals surface area (Å²) < 4.78 is 4.22. The summed E-state index contributed by atoms with van der Waals surface area (Å²) in [5.41, 5.74) is 0.176. The molecule has 0 spiro atoms. The molecule has 0 aromatic carbocycles. The molecule has 10 heavy (non-hydrogen) atoms. The van der Waals surface area contributed by atoms with Crippen molar-refractivity contribution in [2.75, 3.05) is 6.61 Å². The van der Waals surface area contributed by atoms with Crippen LogP contribution < -0.4 is 0 Å². The fraction of sp³-hybridized carbons (Fsp3) is 0.333. The summed E-state index contributed by atoms with van der Waals surface area (Å²) in [6.45, 7) is 1.46. The second kappa shape index (κ2) is 4.39. The minimum absolute atomic E-state index is 0.0225. The Kier molecular flexibility index (Phi) is 3.73. The van der Waals surface area contributed by atoms with Gasteiger partial charge >= 0.3 is 5.97 Å². The maximum Gasteiger partial charge on any atom is 0.331 e. The Morgan fingerprint density at radius 3 is 2.90 bits per heavy atom. The summed E-state index contributed by atoms with van der Waals surface area (Å²) in [6, 6.07) is 0. The van der Waals surface area contributed by atoms with E-state index in [4.69, 9.17) is 10.4 Å². The quantitative estimate of drug-likeness (QED) is 0.353. The predicted molar refractivity (Wildman–Crippen MR) is 33.0 cm³/mol. The van der Waals surface area contributed by atoms with Crippen LogP contribution in [0.15, 0.2) is 11.6 Å². The van der Waals surface area contributed by atoms with Crippen molar-refractivity contribution in [2.24, 2.45) is 0 Å². The lowest BCUT2D eigenvalue weighted by Gasteiger charge is -1.90. The van der Waals surface area contributed by atoms with E-state index in [1.807, 2.05) is 0 Å². The predicted octanol–water partition coefficient (Wildman–Crippen LogP) is 0.515. The number of hydrogen-bond donors (Lipinski definition) is 1. The number of aliphatic carboxylic acids is 1. The van der Waals surface area contributed by atoms with E-state index in [0.717, 1.165) is 0 Å². The second-order valence-electron chi connectivity index (χ2n) is 1.59. The van der Waals surface area contributed by atoms with Crippen LogP contribution in [-0.4, -0.2) is 17.7 Å². The lowest BCUT2D eigenvalue weighted by molar-refractivity contribution is -0.132. The molecule has 0 fully saturated rings. The van der Waals surface area contributed by atoms with Crippen LogP contribution in [0.3, 0.4) is 0 Å². The van der Waals surface area contributed by atoms with Gasteiger partial charge < -0.3 is 9.84 Å². The third-order valence-corrected chi connectivity index (χ3v) is 0.875. The molecule has 0 unspecified atom stereocenters. The minimum Gasteiger partial charge on any atom is -0.478 e. The molecule has 0 saturated carbocycles. The highest BCUT2D eigenvalue weighted by Gasteiger charge is 1.96. The van der Waals surface area contributed by atoms with Gasteiger partial charge in [-0.05, 0) is 13.0 Å². The molecule has 0 aromatic heterocycles. The summed E-state index contributed by atoms with van der Waals surface area (Å²) in [5, 5.41) is 16.1. The maximum absolute atomic E-state index is 10.1. The van der Waals surface area contributed by atoms with E-state index in [9.17, 15) is 4.79 Å². The van der Waals surface area contributed by atoms with Crippen LogP contribution in [0.5, 0.6) is 0 Å². The fourth-order valence-corrected chi connectivity index (χ4v) is 0.291. The van der Waals surface area contributed by atoms with Crippen molar-refractivity contribution in [3.63, 3.8) is 0 Å². The fourth-order valence-electron chi connectivity index (χ4n) is 0.291. The molecule has 0 rings (SSSR count). The van der Waals surface area contributed by atoms with E-state index in [1.165, 1.54) is 19.3 Å². The molecule has 0 aromatic rings. The van der Waals surface area contributed by atoms with Gasteiger partial charge in [0.1, 0.15) is 6.61 Å². The van der Waals surface area contributed by atoms with E-state index in [1.54, 1.807) is 0 Å². The van der Waals surface area contributed by atoms with Crippen molar-refractivity contribution in [1.82, 2.24) is 0 Å². The normalized spacial score (nSPS) is 10.2. The molecule has 54 valence electrons. The third-order valence-electron chi connectivity index (χ3n) is 0.875. The van der Waals surface area contributed by atoms with Gasteiger partial charge in [0.25, 0.3) is 6.26 Å². The Morgan fingerprint density at radius 1 is 1.90 bits per heavy atom. The molecular formula is C6H7NO3. The van der Waals surface area contributed by atoms with E-state index in [0.29, 0.717) is 0 Å². The summed E-state index contributed by atoms with van der Waals surface area (Å²) in [5.74, 6) is -0.999. The van der Waals surface area contributed by atoms with Crippen LogP contribution >= 0.6 is 0 Å². The second-order valence-corrected chi connectivity index (χ2v) is 1.59. The van der Waals surface area contributed by atoms with Crippen LogP contribution in [-0.2, 0) is 9.53 Å². The molecule has 0 radical (unpaired) electrons. The number of carboxylic acids is 1. The van der Waals surface area contributed by atoms with Crippen LogP contribution in [0, 0.1) is 11.5 Å². The van der Waals surface area contributed by atoms with E-state index in [2.05, 4.69) is 4.74 Å². The van der Waals surface area contributed by atoms with Crippen molar-refractivity contribution in [1.29, 1.82) is 5.26 Å². The van der Waals surface area contributed by atoms with Gasteiger partial charge in [0.2, 0.25) is 0 Å². The molecule has 0 aliphatic heterocycles. The number of rotatable bonds is 3. The van der Waals surface area contributed by atoms with Crippen LogP contribution in [0.2, 0.25) is 0 Å². The molecule has 0 atom stereocenters. The first-order chi connectivity index (χ1) is 4.68. The standard InChI is InChI=1S/C6H7NO3/c1-5(6(8)9)2-3-10-4-7/h2H,3H2,1H3,(H,8,9). The number of carboxylic acid groups (broad SMARTS) is 1. The summed E-state index contributed by atoms with van der Waals surface area (Å²) in [4.78, 5) is 10.1. The van der Waals surface area contributed by atoms with Crippen LogP contribution in [0.4, 0.5) is 0 Å². The zero-order chi connectivity index (χ0) is 7.98. The lowest BCUT2D eigenvalue weighted by atomic mass is 10.3. The number of hydrogen-bond acceptors (Lipinski definition) is 3. The Balaban J connectivity index is 3.72. The Bertz CT molecular complexity index is 190. The average Bonchev–Trinajstić information content (AvgIpc) is 1.88. The zero-order valence-electron chi connectivity index (χ0n) is 5.50. The van der Waals surface area contributed by atoms with Crippen LogP contribution in [0.1, 0.15) is 6.92 Å². The number of ether oxygens (including phenoxy) is 1. The first-order valence-electron chi connectivity index (χ1n) is 2.59. The molecule has 0 aliphatic rings. The lowest BCUT2D eigenvalue weighted by Crippen LogP contribution is -1.97. The first-order valence-corrected chi connectivity index (χ1v) is 2.59. The van der Waals surface area contributed by atoms with Crippen LogP contribution in [0.25, 0.3) is 0 Å². The Labute approximate surface area is 58.3 Å².